The van der Waals surface area contributed by atoms with Gasteiger partial charge in [-0.05, 0) is 59.5 Å². The number of benzene rings is 3. The third-order valence-corrected chi connectivity index (χ3v) is 4.32. The van der Waals surface area contributed by atoms with Crippen LogP contribution in [0.2, 0.25) is 0 Å². The van der Waals surface area contributed by atoms with Gasteiger partial charge in [-0.1, -0.05) is 30.0 Å². The van der Waals surface area contributed by atoms with Crippen molar-refractivity contribution in [2.24, 2.45) is 0 Å². The van der Waals surface area contributed by atoms with Gasteiger partial charge in [-0.25, -0.2) is 9.18 Å². The number of hydrogen-bond acceptors (Lipinski definition) is 1. The lowest BCUT2D eigenvalue weighted by Gasteiger charge is -2.09. The van der Waals surface area contributed by atoms with Crippen LogP contribution < -0.4 is 0 Å². The van der Waals surface area contributed by atoms with Gasteiger partial charge in [-0.2, -0.15) is 0 Å². The molecule has 1 aromatic heterocycles. The Kier molecular flexibility index (Phi) is 4.19. The number of carboxylic acids is 1. The second-order valence-electron chi connectivity index (χ2n) is 6.07. The molecule has 0 radical (unpaired) electrons. The van der Waals surface area contributed by atoms with E-state index in [4.69, 9.17) is 0 Å². The molecule has 130 valence electrons. The van der Waals surface area contributed by atoms with Crippen LogP contribution in [0.5, 0.6) is 0 Å². The van der Waals surface area contributed by atoms with Crippen LogP contribution in [0.4, 0.5) is 4.39 Å². The monoisotopic (exact) mass is 355 g/mol. The van der Waals surface area contributed by atoms with Crippen molar-refractivity contribution in [2.45, 2.75) is 0 Å². The third-order valence-electron chi connectivity index (χ3n) is 4.32. The van der Waals surface area contributed by atoms with Gasteiger partial charge in [0.05, 0.1) is 5.56 Å². The predicted octanol–water partition coefficient (Wildman–Crippen LogP) is 5.07. The SMILES string of the molecule is O=C(O)c1cccc(C#Cc2ccc(F)cc2)c1-c1ccc2cc[nH]c2c1. The second-order valence-corrected chi connectivity index (χ2v) is 6.07. The van der Waals surface area contributed by atoms with Crippen molar-refractivity contribution in [3.8, 4) is 23.0 Å². The second kappa shape index (κ2) is 6.81. The van der Waals surface area contributed by atoms with Crippen LogP contribution in [-0.4, -0.2) is 16.1 Å². The van der Waals surface area contributed by atoms with E-state index in [2.05, 4.69) is 16.8 Å². The van der Waals surface area contributed by atoms with E-state index < -0.39 is 5.97 Å². The Morgan fingerprint density at radius 3 is 2.56 bits per heavy atom. The fourth-order valence-corrected chi connectivity index (χ4v) is 3.02. The molecule has 4 aromatic rings. The summed E-state index contributed by atoms with van der Waals surface area (Å²) in [4.78, 5) is 14.9. The van der Waals surface area contributed by atoms with E-state index in [0.29, 0.717) is 16.7 Å². The number of H-pyrrole nitrogens is 1. The molecular weight excluding hydrogens is 341 g/mol. The maximum Gasteiger partial charge on any atom is 0.336 e. The van der Waals surface area contributed by atoms with Gasteiger partial charge in [0, 0.05) is 28.4 Å². The van der Waals surface area contributed by atoms with Gasteiger partial charge in [-0.15, -0.1) is 0 Å². The van der Waals surface area contributed by atoms with Gasteiger partial charge in [0.25, 0.3) is 0 Å². The molecule has 0 amide bonds. The van der Waals surface area contributed by atoms with Gasteiger partial charge in [0.2, 0.25) is 0 Å². The van der Waals surface area contributed by atoms with E-state index >= 15 is 0 Å². The number of hydrogen-bond donors (Lipinski definition) is 2. The quantitative estimate of drug-likeness (QED) is 0.493. The van der Waals surface area contributed by atoms with Crippen LogP contribution in [0.15, 0.2) is 72.9 Å². The van der Waals surface area contributed by atoms with Crippen LogP contribution in [0, 0.1) is 17.7 Å². The lowest BCUT2D eigenvalue weighted by Crippen LogP contribution is -2.01. The van der Waals surface area contributed by atoms with Crippen molar-refractivity contribution < 1.29 is 14.3 Å². The summed E-state index contributed by atoms with van der Waals surface area (Å²) in [6.45, 7) is 0. The fraction of sp³-hybridized carbons (Fsp3) is 0. The number of aromatic amines is 1. The molecule has 27 heavy (non-hydrogen) atoms. The minimum absolute atomic E-state index is 0.187. The number of aromatic carboxylic acids is 1. The summed E-state index contributed by atoms with van der Waals surface area (Å²) in [5.74, 6) is 4.68. The summed E-state index contributed by atoms with van der Waals surface area (Å²) in [6, 6.07) is 18.6. The van der Waals surface area contributed by atoms with Crippen LogP contribution in [0.3, 0.4) is 0 Å². The van der Waals surface area contributed by atoms with Crippen LogP contribution >= 0.6 is 0 Å². The average molecular weight is 355 g/mol. The molecule has 0 spiro atoms. The molecule has 0 fully saturated rings. The molecule has 0 saturated heterocycles. The number of halogens is 1. The molecule has 0 unspecified atom stereocenters. The van der Waals surface area contributed by atoms with Crippen molar-refractivity contribution in [1.82, 2.24) is 4.98 Å². The molecule has 0 aliphatic rings. The minimum atomic E-state index is -1.01. The maximum absolute atomic E-state index is 13.1. The van der Waals surface area contributed by atoms with Gasteiger partial charge in [0.15, 0.2) is 0 Å². The van der Waals surface area contributed by atoms with Crippen molar-refractivity contribution in [1.29, 1.82) is 0 Å². The van der Waals surface area contributed by atoms with Gasteiger partial charge < -0.3 is 10.1 Å². The van der Waals surface area contributed by atoms with E-state index in [0.717, 1.165) is 16.5 Å². The van der Waals surface area contributed by atoms with Crippen molar-refractivity contribution >= 4 is 16.9 Å². The van der Waals surface area contributed by atoms with Gasteiger partial charge in [0.1, 0.15) is 5.82 Å². The smallest absolute Gasteiger partial charge is 0.336 e. The molecule has 1 heterocycles. The van der Waals surface area contributed by atoms with Gasteiger partial charge in [-0.3, -0.25) is 0 Å². The van der Waals surface area contributed by atoms with E-state index in [1.165, 1.54) is 12.1 Å². The largest absolute Gasteiger partial charge is 0.478 e. The summed E-state index contributed by atoms with van der Waals surface area (Å²) in [6.07, 6.45) is 1.84. The Bertz CT molecular complexity index is 1210. The first kappa shape index (κ1) is 16.6. The molecule has 3 aromatic carbocycles. The minimum Gasteiger partial charge on any atom is -0.478 e. The Morgan fingerprint density at radius 2 is 1.78 bits per heavy atom. The van der Waals surface area contributed by atoms with Crippen LogP contribution in [0.25, 0.3) is 22.0 Å². The Labute approximate surface area is 155 Å². The highest BCUT2D eigenvalue weighted by Gasteiger charge is 2.15. The zero-order chi connectivity index (χ0) is 18.8. The Balaban J connectivity index is 1.88. The van der Waals surface area contributed by atoms with Crippen molar-refractivity contribution in [3.63, 3.8) is 0 Å². The molecule has 0 saturated carbocycles. The molecule has 0 atom stereocenters. The van der Waals surface area contributed by atoms with E-state index in [9.17, 15) is 14.3 Å². The topological polar surface area (TPSA) is 53.1 Å². The predicted molar refractivity (Wildman–Crippen MR) is 103 cm³/mol. The molecule has 3 nitrogen and oxygen atoms in total. The highest BCUT2D eigenvalue weighted by Crippen LogP contribution is 2.30. The summed E-state index contributed by atoms with van der Waals surface area (Å²) < 4.78 is 13.1. The highest BCUT2D eigenvalue weighted by molar-refractivity contribution is 5.99. The zero-order valence-corrected chi connectivity index (χ0v) is 14.2. The molecule has 4 rings (SSSR count). The lowest BCUT2D eigenvalue weighted by molar-refractivity contribution is 0.0697. The van der Waals surface area contributed by atoms with Crippen LogP contribution in [-0.2, 0) is 0 Å². The van der Waals surface area contributed by atoms with E-state index in [1.807, 2.05) is 30.5 Å². The fourth-order valence-electron chi connectivity index (χ4n) is 3.02. The Hall–Kier alpha value is -3.84. The summed E-state index contributed by atoms with van der Waals surface area (Å²) >= 11 is 0. The van der Waals surface area contributed by atoms with Crippen LogP contribution in [0.1, 0.15) is 21.5 Å². The number of fused-ring (bicyclic) bond motifs is 1. The van der Waals surface area contributed by atoms with Crippen molar-refractivity contribution in [2.75, 3.05) is 0 Å². The zero-order valence-electron chi connectivity index (χ0n) is 14.2. The van der Waals surface area contributed by atoms with Crippen molar-refractivity contribution in [3.05, 3.63) is 95.4 Å². The number of nitrogens with one attached hydrogen (secondary N) is 1. The summed E-state index contributed by atoms with van der Waals surface area (Å²) in [5, 5.41) is 10.7. The number of aromatic nitrogens is 1. The molecule has 0 aliphatic heterocycles. The first-order chi connectivity index (χ1) is 13.1. The number of carboxylic acid groups (broad SMARTS) is 1. The molecule has 2 N–H and O–H groups in total. The standard InChI is InChI=1S/C23H14FNO2/c24-19-10-5-15(6-11-19)4-7-17-2-1-3-20(23(26)27)22(17)18-9-8-16-12-13-25-21(16)14-18/h1-3,5-6,8-14,25H,(H,26,27). The normalized spacial score (nSPS) is 10.4. The number of carbonyl (C=O) groups is 1. The number of rotatable bonds is 2. The molecule has 4 heteroatoms. The lowest BCUT2D eigenvalue weighted by atomic mass is 9.93. The summed E-state index contributed by atoms with van der Waals surface area (Å²) in [7, 11) is 0. The first-order valence-corrected chi connectivity index (χ1v) is 8.33. The van der Waals surface area contributed by atoms with E-state index in [-0.39, 0.29) is 11.4 Å². The first-order valence-electron chi connectivity index (χ1n) is 8.33. The van der Waals surface area contributed by atoms with E-state index in [1.54, 1.807) is 30.3 Å². The summed E-state index contributed by atoms with van der Waals surface area (Å²) in [5.41, 5.74) is 3.70. The molecule has 0 bridgehead atoms. The Morgan fingerprint density at radius 1 is 0.963 bits per heavy atom. The molecule has 0 aliphatic carbocycles. The van der Waals surface area contributed by atoms with Gasteiger partial charge >= 0.3 is 5.97 Å². The maximum atomic E-state index is 13.1. The average Bonchev–Trinajstić information content (AvgIpc) is 3.15. The molecular formula is C23H14FNO2. The highest BCUT2D eigenvalue weighted by atomic mass is 19.1. The third kappa shape index (κ3) is 3.31.